The van der Waals surface area contributed by atoms with Crippen molar-refractivity contribution in [2.24, 2.45) is 40.9 Å². The van der Waals surface area contributed by atoms with Crippen molar-refractivity contribution < 1.29 is 68.1 Å². The summed E-state index contributed by atoms with van der Waals surface area (Å²) in [5, 5.41) is 50.9. The molecule has 26 nitrogen and oxygen atoms in total. The Balaban J connectivity index is 3.25. The molecule has 1 heterocycles. The van der Waals surface area contributed by atoms with E-state index in [0.717, 1.165) is 4.90 Å². The van der Waals surface area contributed by atoms with E-state index in [1.165, 1.54) is 27.7 Å². The highest BCUT2D eigenvalue weighted by Crippen LogP contribution is 2.21. The lowest BCUT2D eigenvalue weighted by Crippen LogP contribution is -2.62. The summed E-state index contributed by atoms with van der Waals surface area (Å²) in [7, 11) is 0. The number of aliphatic carboxylic acids is 1. The molecule has 0 unspecified atom stereocenters. The van der Waals surface area contributed by atoms with Crippen LogP contribution in [0.5, 0.6) is 0 Å². The number of primary amides is 1. The molecule has 0 aliphatic carbocycles. The molecule has 0 aromatic rings. The lowest BCUT2D eigenvalue weighted by molar-refractivity contribution is -0.145. The fraction of sp³-hybridized carbons (Fsp3) is 0.771. The maximum Gasteiger partial charge on any atom is 0.326 e. The van der Waals surface area contributed by atoms with Crippen LogP contribution in [0.15, 0.2) is 0 Å². The monoisotopic (exact) mass is 1050 g/mol. The number of unbranched alkanes of at least 4 members (excludes halogenated alkanes) is 1. The Morgan fingerprint density at radius 1 is 0.581 bits per heavy atom. The van der Waals surface area contributed by atoms with Crippen LogP contribution in [0.4, 0.5) is 0 Å². The van der Waals surface area contributed by atoms with Gasteiger partial charge in [0.05, 0.1) is 24.8 Å². The van der Waals surface area contributed by atoms with Gasteiger partial charge in [-0.3, -0.25) is 47.9 Å². The molecule has 26 heteroatoms. The van der Waals surface area contributed by atoms with Crippen LogP contribution in [0.3, 0.4) is 0 Å². The fourth-order valence-electron chi connectivity index (χ4n) is 8.04. The summed E-state index contributed by atoms with van der Waals surface area (Å²) in [4.78, 5) is 146. The van der Waals surface area contributed by atoms with Crippen LogP contribution in [0, 0.1) is 23.7 Å². The molecular weight excluding hydrogens is 969 g/mol. The van der Waals surface area contributed by atoms with Crippen LogP contribution in [0.1, 0.15) is 127 Å². The number of nitrogens with zero attached hydrogens (tertiary/aromatic N) is 1. The van der Waals surface area contributed by atoms with Crippen molar-refractivity contribution in [3.8, 4) is 0 Å². The first-order chi connectivity index (χ1) is 34.4. The number of hydrogen-bond donors (Lipinski definition) is 14. The van der Waals surface area contributed by atoms with Crippen molar-refractivity contribution in [1.29, 1.82) is 0 Å². The summed E-state index contributed by atoms with van der Waals surface area (Å²) in [6, 6.07) is -12.0. The number of aliphatic hydroxyl groups is 2. The Bertz CT molecular complexity index is 1930. The van der Waals surface area contributed by atoms with Crippen molar-refractivity contribution in [3.63, 3.8) is 0 Å². The van der Waals surface area contributed by atoms with Crippen molar-refractivity contribution >= 4 is 65.0 Å². The first-order valence-corrected chi connectivity index (χ1v) is 25.5. The number of carboxylic acid groups (broad SMARTS) is 1. The number of carbonyl (C=O) groups is 11. The molecule has 0 aromatic carbocycles. The number of likely N-dealkylation sites (tertiary alicyclic amines) is 1. The minimum Gasteiger partial charge on any atom is -0.480 e. The van der Waals surface area contributed by atoms with Crippen LogP contribution < -0.4 is 59.7 Å². The highest BCUT2D eigenvalue weighted by Gasteiger charge is 2.42. The zero-order valence-electron chi connectivity index (χ0n) is 44.7. The summed E-state index contributed by atoms with van der Waals surface area (Å²) in [5.41, 5.74) is 17.0. The molecule has 1 rings (SSSR count). The van der Waals surface area contributed by atoms with E-state index in [1.54, 1.807) is 13.8 Å². The van der Waals surface area contributed by atoms with Gasteiger partial charge < -0.3 is 80.0 Å². The van der Waals surface area contributed by atoms with E-state index in [0.29, 0.717) is 25.7 Å². The van der Waals surface area contributed by atoms with Gasteiger partial charge in [0, 0.05) is 13.0 Å². The molecule has 1 saturated heterocycles. The summed E-state index contributed by atoms with van der Waals surface area (Å²) in [5.74, 6) is -10.8. The predicted molar refractivity (Wildman–Crippen MR) is 270 cm³/mol. The minimum atomic E-state index is -1.74. The summed E-state index contributed by atoms with van der Waals surface area (Å²) < 4.78 is 0. The topological polar surface area (TPSA) is 426 Å². The minimum absolute atomic E-state index is 0.00594. The molecule has 1 aliphatic rings. The molecule has 422 valence electrons. The molecule has 10 amide bonds. The van der Waals surface area contributed by atoms with Crippen LogP contribution in [-0.2, 0) is 52.7 Å². The smallest absolute Gasteiger partial charge is 0.326 e. The van der Waals surface area contributed by atoms with Crippen molar-refractivity contribution in [2.45, 2.75) is 194 Å². The SMILES string of the molecule is CC(C)C[C@H](NC(=O)[C@@H](N)CC(C)C)C(=O)NCC(=O)N[C@@H](CCCCN)C(=O)N[C@H](C(=O)N1CCC[C@H]1C(=O)N[C@H](C(=O)N[C@H](C(=O)N[C@@H](CCC(N)=O)C(=O)N[C@H](C(=O)O)C(C)C)[C@@H](C)O)C(C)C)[C@@H](C)O. The third-order valence-electron chi connectivity index (χ3n) is 12.2. The number of hydrogen-bond acceptors (Lipinski definition) is 15. The predicted octanol–water partition coefficient (Wildman–Crippen LogP) is -3.54. The molecule has 1 fully saturated rings. The number of carbonyl (C=O) groups excluding carboxylic acids is 10. The summed E-state index contributed by atoms with van der Waals surface area (Å²) in [6.07, 6.45) is -1.96. The molecule has 1 aliphatic heterocycles. The molecule has 0 radical (unpaired) electrons. The van der Waals surface area contributed by atoms with Crippen LogP contribution in [0.2, 0.25) is 0 Å². The molecule has 0 saturated carbocycles. The number of aliphatic hydroxyl groups excluding tert-OH is 2. The molecular formula is C48H86N12O14. The van der Waals surface area contributed by atoms with Gasteiger partial charge in [-0.15, -0.1) is 0 Å². The van der Waals surface area contributed by atoms with Crippen LogP contribution in [0.25, 0.3) is 0 Å². The summed E-state index contributed by atoms with van der Waals surface area (Å²) >= 11 is 0. The quantitative estimate of drug-likeness (QED) is 0.0283. The lowest BCUT2D eigenvalue weighted by Gasteiger charge is -2.32. The zero-order valence-corrected chi connectivity index (χ0v) is 44.7. The van der Waals surface area contributed by atoms with E-state index in [2.05, 4.69) is 42.5 Å². The number of rotatable bonds is 33. The van der Waals surface area contributed by atoms with Gasteiger partial charge in [-0.25, -0.2) is 4.79 Å². The first-order valence-electron chi connectivity index (χ1n) is 25.5. The van der Waals surface area contributed by atoms with E-state index in [-0.39, 0.29) is 50.6 Å². The average Bonchev–Trinajstić information content (AvgIpc) is 3.80. The molecule has 74 heavy (non-hydrogen) atoms. The largest absolute Gasteiger partial charge is 0.480 e. The third kappa shape index (κ3) is 22.6. The number of nitrogens with one attached hydrogen (secondary N) is 8. The normalized spacial score (nSPS) is 17.6. The maximum atomic E-state index is 14.2. The maximum absolute atomic E-state index is 14.2. The summed E-state index contributed by atoms with van der Waals surface area (Å²) in [6.45, 7) is 15.8. The van der Waals surface area contributed by atoms with Crippen molar-refractivity contribution in [2.75, 3.05) is 19.6 Å². The highest BCUT2D eigenvalue weighted by molar-refractivity contribution is 5.98. The second-order valence-electron chi connectivity index (χ2n) is 20.6. The Morgan fingerprint density at radius 3 is 1.59 bits per heavy atom. The van der Waals surface area contributed by atoms with E-state index >= 15 is 0 Å². The number of nitrogens with two attached hydrogens (primary N) is 3. The highest BCUT2D eigenvalue weighted by atomic mass is 16.4. The second kappa shape index (κ2) is 32.3. The molecule has 17 N–H and O–H groups in total. The van der Waals surface area contributed by atoms with Gasteiger partial charge >= 0.3 is 5.97 Å². The van der Waals surface area contributed by atoms with Gasteiger partial charge in [0.25, 0.3) is 0 Å². The van der Waals surface area contributed by atoms with Gasteiger partial charge in [-0.1, -0.05) is 55.4 Å². The molecule has 0 bridgehead atoms. The van der Waals surface area contributed by atoms with Crippen LogP contribution in [-0.4, -0.2) is 171 Å². The fourth-order valence-corrected chi connectivity index (χ4v) is 8.04. The third-order valence-corrected chi connectivity index (χ3v) is 12.2. The van der Waals surface area contributed by atoms with Gasteiger partial charge in [0.1, 0.15) is 48.3 Å². The average molecular weight is 1060 g/mol. The van der Waals surface area contributed by atoms with E-state index in [4.69, 9.17) is 17.2 Å². The Kier molecular flexibility index (Phi) is 28.9. The Morgan fingerprint density at radius 2 is 1.09 bits per heavy atom. The van der Waals surface area contributed by atoms with E-state index < -0.39 is 156 Å². The van der Waals surface area contributed by atoms with Crippen LogP contribution >= 0.6 is 0 Å². The van der Waals surface area contributed by atoms with Crippen molar-refractivity contribution in [1.82, 2.24) is 47.4 Å². The van der Waals surface area contributed by atoms with E-state index in [9.17, 15) is 68.1 Å². The standard InChI is InChI=1S/C48H86N12O14/c1-23(2)20-29(50)40(65)55-32(21-24(3)4)41(66)52-22-35(64)53-30(14-11-12-18-49)42(67)59-39(28(10)62)47(72)60-19-13-15-33(60)44(69)56-36(25(5)6)45(70)58-38(27(9)61)46(71)54-31(16-17-34(51)63)43(68)57-37(26(7)8)48(73)74/h23-33,36-39,61-62H,11-22,49-50H2,1-10H3,(H2,51,63)(H,52,66)(H,53,64)(H,54,71)(H,55,65)(H,56,69)(H,57,68)(H,58,70)(H,59,67)(H,73,74)/t27-,28-,29+,30+,31+,32+,33+,36+,37+,38+,39+/m1/s1. The number of carboxylic acids is 1. The lowest BCUT2D eigenvalue weighted by atomic mass is 10.0. The van der Waals surface area contributed by atoms with E-state index in [1.807, 2.05) is 27.7 Å². The van der Waals surface area contributed by atoms with Gasteiger partial charge in [0.2, 0.25) is 59.1 Å². The first kappa shape index (κ1) is 66.0. The Labute approximate surface area is 433 Å². The molecule has 0 spiro atoms. The van der Waals surface area contributed by atoms with Crippen molar-refractivity contribution in [3.05, 3.63) is 0 Å². The van der Waals surface area contributed by atoms with Gasteiger partial charge in [-0.2, -0.15) is 0 Å². The van der Waals surface area contributed by atoms with Gasteiger partial charge in [-0.05, 0) is 95.4 Å². The molecule has 0 aromatic heterocycles. The number of amides is 10. The van der Waals surface area contributed by atoms with Gasteiger partial charge in [0.15, 0.2) is 0 Å². The molecule has 11 atom stereocenters. The second-order valence-corrected chi connectivity index (χ2v) is 20.6. The Hall–Kier alpha value is -5.99. The zero-order chi connectivity index (χ0) is 56.7.